The third kappa shape index (κ3) is 3.31. The summed E-state index contributed by atoms with van der Waals surface area (Å²) in [5.41, 5.74) is 3.74. The van der Waals surface area contributed by atoms with E-state index in [1.54, 1.807) is 24.0 Å². The van der Waals surface area contributed by atoms with Crippen LogP contribution in [0.4, 0.5) is 11.5 Å². The highest BCUT2D eigenvalue weighted by atomic mass is 32.2. The van der Waals surface area contributed by atoms with Crippen LogP contribution >= 0.6 is 0 Å². The number of imidazole rings is 1. The molecule has 9 heteroatoms. The lowest BCUT2D eigenvalue weighted by molar-refractivity contribution is 0.389. The molecule has 3 aromatic heterocycles. The zero-order chi connectivity index (χ0) is 20.7. The quantitative estimate of drug-likeness (QED) is 0.546. The number of nitrogens with one attached hydrogen (secondary N) is 1. The highest BCUT2D eigenvalue weighted by molar-refractivity contribution is 7.89. The molecule has 8 nitrogen and oxygen atoms in total. The van der Waals surface area contributed by atoms with Gasteiger partial charge in [-0.1, -0.05) is 18.2 Å². The molecule has 152 valence electrons. The zero-order valence-electron chi connectivity index (χ0n) is 16.4. The molecule has 0 spiro atoms. The molecule has 0 aliphatic carbocycles. The number of para-hydroxylation sites is 1. The van der Waals surface area contributed by atoms with Gasteiger partial charge in [-0.15, -0.1) is 0 Å². The summed E-state index contributed by atoms with van der Waals surface area (Å²) in [6, 6.07) is 11.8. The first-order valence-corrected chi connectivity index (χ1v) is 11.0. The number of rotatable bonds is 4. The molecule has 0 amide bonds. The highest BCUT2D eigenvalue weighted by Gasteiger charge is 2.31. The summed E-state index contributed by atoms with van der Waals surface area (Å²) in [6.07, 6.45) is 7.07. The van der Waals surface area contributed by atoms with E-state index < -0.39 is 10.0 Å². The van der Waals surface area contributed by atoms with Crippen LogP contribution in [0, 0.1) is 0 Å². The van der Waals surface area contributed by atoms with Gasteiger partial charge >= 0.3 is 0 Å². The van der Waals surface area contributed by atoms with Crippen LogP contribution in [-0.2, 0) is 30.0 Å². The number of hydrogen-bond donors (Lipinski definition) is 1. The number of sulfonamides is 1. The molecule has 30 heavy (non-hydrogen) atoms. The van der Waals surface area contributed by atoms with Crippen LogP contribution in [0.3, 0.4) is 0 Å². The molecule has 1 N–H and O–H groups in total. The van der Waals surface area contributed by atoms with E-state index in [1.807, 2.05) is 36.4 Å². The molecular formula is C21H20N6O2S. The Hall–Kier alpha value is -3.30. The fourth-order valence-corrected chi connectivity index (χ4v) is 5.09. The predicted molar refractivity (Wildman–Crippen MR) is 114 cm³/mol. The molecule has 0 saturated carbocycles. The Morgan fingerprint density at radius 3 is 2.80 bits per heavy atom. The summed E-state index contributed by atoms with van der Waals surface area (Å²) in [5, 5.41) is 4.47. The number of fused-ring (bicyclic) bond motifs is 2. The molecule has 1 aromatic carbocycles. The molecule has 1 aliphatic rings. The van der Waals surface area contributed by atoms with Crippen LogP contribution in [-0.4, -0.2) is 38.8 Å². The van der Waals surface area contributed by atoms with Crippen molar-refractivity contribution in [2.45, 2.75) is 18.0 Å². The normalized spacial score (nSPS) is 14.6. The molecule has 1 aliphatic heterocycles. The first-order chi connectivity index (χ1) is 14.5. The monoisotopic (exact) mass is 420 g/mol. The molecule has 0 saturated heterocycles. The van der Waals surface area contributed by atoms with Gasteiger partial charge in [-0.25, -0.2) is 18.4 Å². The van der Waals surface area contributed by atoms with E-state index in [0.717, 1.165) is 33.5 Å². The van der Waals surface area contributed by atoms with Crippen molar-refractivity contribution in [1.82, 2.24) is 23.8 Å². The van der Waals surface area contributed by atoms with Gasteiger partial charge in [0, 0.05) is 43.5 Å². The molecule has 4 heterocycles. The minimum atomic E-state index is -3.63. The molecule has 0 atom stereocenters. The summed E-state index contributed by atoms with van der Waals surface area (Å²) in [4.78, 5) is 13.0. The van der Waals surface area contributed by atoms with Crippen LogP contribution in [0.1, 0.15) is 11.1 Å². The van der Waals surface area contributed by atoms with Crippen LogP contribution in [0.15, 0.2) is 66.3 Å². The Balaban J connectivity index is 1.42. The lowest BCUT2D eigenvalue weighted by Crippen LogP contribution is -2.36. The Morgan fingerprint density at radius 2 is 1.97 bits per heavy atom. The number of anilines is 2. The third-order valence-electron chi connectivity index (χ3n) is 5.25. The maximum atomic E-state index is 12.9. The molecule has 0 bridgehead atoms. The van der Waals surface area contributed by atoms with Gasteiger partial charge in [0.25, 0.3) is 10.0 Å². The van der Waals surface area contributed by atoms with Crippen molar-refractivity contribution in [3.8, 4) is 0 Å². The molecular weight excluding hydrogens is 400 g/mol. The topological polar surface area (TPSA) is 93.0 Å². The summed E-state index contributed by atoms with van der Waals surface area (Å²) in [6.45, 7) is 0.670. The van der Waals surface area contributed by atoms with Crippen molar-refractivity contribution in [2.24, 2.45) is 7.05 Å². The number of pyridine rings is 2. The standard InChI is InChI=1S/C21H20N6O2S/c1-26-13-20(24-14-26)30(28,29)27-9-7-18-16(12-27)6-8-22-21(18)25-17-10-15-4-2-3-5-19(15)23-11-17/h2-6,8,10-11,13-14H,7,9,12H2,1H3,(H,22,25). The van der Waals surface area contributed by atoms with Crippen molar-refractivity contribution < 1.29 is 8.42 Å². The van der Waals surface area contributed by atoms with E-state index in [2.05, 4.69) is 20.3 Å². The number of aryl methyl sites for hydroxylation is 1. The van der Waals surface area contributed by atoms with Gasteiger partial charge in [-0.05, 0) is 30.2 Å². The number of nitrogens with zero attached hydrogens (tertiary/aromatic N) is 5. The summed E-state index contributed by atoms with van der Waals surface area (Å²) < 4.78 is 28.9. The second-order valence-corrected chi connectivity index (χ2v) is 9.19. The van der Waals surface area contributed by atoms with E-state index in [4.69, 9.17) is 0 Å². The minimum Gasteiger partial charge on any atom is -0.339 e. The average molecular weight is 420 g/mol. The van der Waals surface area contributed by atoms with Crippen molar-refractivity contribution >= 4 is 32.4 Å². The van der Waals surface area contributed by atoms with Gasteiger partial charge in [0.2, 0.25) is 0 Å². The van der Waals surface area contributed by atoms with E-state index in [-0.39, 0.29) is 5.03 Å². The molecule has 0 radical (unpaired) electrons. The van der Waals surface area contributed by atoms with Crippen molar-refractivity contribution in [1.29, 1.82) is 0 Å². The molecule has 4 aromatic rings. The van der Waals surface area contributed by atoms with Crippen LogP contribution in [0.2, 0.25) is 0 Å². The molecule has 0 fully saturated rings. The van der Waals surface area contributed by atoms with Crippen LogP contribution < -0.4 is 5.32 Å². The van der Waals surface area contributed by atoms with Gasteiger partial charge in [0.15, 0.2) is 5.03 Å². The van der Waals surface area contributed by atoms with Crippen molar-refractivity contribution in [2.75, 3.05) is 11.9 Å². The van der Waals surface area contributed by atoms with Gasteiger partial charge < -0.3 is 9.88 Å². The highest BCUT2D eigenvalue weighted by Crippen LogP contribution is 2.29. The van der Waals surface area contributed by atoms with Crippen LogP contribution in [0.5, 0.6) is 0 Å². The van der Waals surface area contributed by atoms with E-state index in [1.165, 1.54) is 16.8 Å². The number of hydrogen-bond acceptors (Lipinski definition) is 6. The fourth-order valence-electron chi connectivity index (χ4n) is 3.71. The van der Waals surface area contributed by atoms with E-state index in [0.29, 0.717) is 19.5 Å². The third-order valence-corrected chi connectivity index (χ3v) is 6.98. The van der Waals surface area contributed by atoms with Gasteiger partial charge in [0.1, 0.15) is 5.82 Å². The van der Waals surface area contributed by atoms with E-state index in [9.17, 15) is 8.42 Å². The smallest absolute Gasteiger partial charge is 0.262 e. The lowest BCUT2D eigenvalue weighted by Gasteiger charge is -2.28. The Morgan fingerprint density at radius 1 is 1.10 bits per heavy atom. The first-order valence-electron chi connectivity index (χ1n) is 9.57. The Labute approximate surface area is 174 Å². The fraction of sp³-hybridized carbons (Fsp3) is 0.190. The predicted octanol–water partition coefficient (Wildman–Crippen LogP) is 2.85. The maximum Gasteiger partial charge on any atom is 0.262 e. The average Bonchev–Trinajstić information content (AvgIpc) is 3.21. The molecule has 5 rings (SSSR count). The first kappa shape index (κ1) is 18.7. The minimum absolute atomic E-state index is 0.0723. The second-order valence-electron chi connectivity index (χ2n) is 7.30. The summed E-state index contributed by atoms with van der Waals surface area (Å²) >= 11 is 0. The molecule has 0 unspecified atom stereocenters. The van der Waals surface area contributed by atoms with Gasteiger partial charge in [-0.3, -0.25) is 4.98 Å². The van der Waals surface area contributed by atoms with Crippen molar-refractivity contribution in [3.05, 3.63) is 72.4 Å². The van der Waals surface area contributed by atoms with E-state index >= 15 is 0 Å². The van der Waals surface area contributed by atoms with Crippen molar-refractivity contribution in [3.63, 3.8) is 0 Å². The number of aromatic nitrogens is 4. The number of benzene rings is 1. The summed E-state index contributed by atoms with van der Waals surface area (Å²) in [7, 11) is -1.88. The second kappa shape index (κ2) is 7.19. The summed E-state index contributed by atoms with van der Waals surface area (Å²) in [5.74, 6) is 0.736. The Kier molecular flexibility index (Phi) is 4.48. The lowest BCUT2D eigenvalue weighted by atomic mass is 10.0. The zero-order valence-corrected chi connectivity index (χ0v) is 17.2. The Bertz CT molecular complexity index is 1350. The van der Waals surface area contributed by atoms with Crippen LogP contribution in [0.25, 0.3) is 10.9 Å². The largest absolute Gasteiger partial charge is 0.339 e. The maximum absolute atomic E-state index is 12.9. The van der Waals surface area contributed by atoms with Gasteiger partial charge in [-0.2, -0.15) is 4.31 Å². The SMILES string of the molecule is Cn1cnc(S(=O)(=O)N2CCc3c(ccnc3Nc3cnc4ccccc4c3)C2)c1. The van der Waals surface area contributed by atoms with Gasteiger partial charge in [0.05, 0.1) is 23.7 Å².